The average Bonchev–Trinajstić information content (AvgIpc) is 2.35. The van der Waals surface area contributed by atoms with Gasteiger partial charge < -0.3 is 5.73 Å². The minimum absolute atomic E-state index is 0.238. The van der Waals surface area contributed by atoms with E-state index < -0.39 is 0 Å². The van der Waals surface area contributed by atoms with Crippen LogP contribution in [-0.4, -0.2) is 15.4 Å². The lowest BCUT2D eigenvalue weighted by molar-refractivity contribution is 0.643. The third kappa shape index (κ3) is 2.55. The van der Waals surface area contributed by atoms with E-state index in [0.717, 1.165) is 23.7 Å². The Hall–Kier alpha value is -0.480. The predicted molar refractivity (Wildman–Crippen MR) is 46.6 cm³/mol. The Kier molecular flexibility index (Phi) is 2.96. The van der Waals surface area contributed by atoms with Crippen LogP contribution in [0.5, 0.6) is 0 Å². The highest BCUT2D eigenvalue weighted by Gasteiger charge is 2.04. The molecule has 0 aliphatic rings. The van der Waals surface area contributed by atoms with E-state index in [9.17, 15) is 0 Å². The zero-order valence-corrected chi connectivity index (χ0v) is 7.69. The van der Waals surface area contributed by atoms with Crippen LogP contribution in [0.2, 0.25) is 0 Å². The summed E-state index contributed by atoms with van der Waals surface area (Å²) in [4.78, 5) is 4.23. The van der Waals surface area contributed by atoms with Gasteiger partial charge in [-0.25, -0.2) is 4.98 Å². The Labute approximate surface area is 70.8 Å². The van der Waals surface area contributed by atoms with Crippen molar-refractivity contribution in [2.45, 2.75) is 32.7 Å². The molecule has 62 valence electrons. The fourth-order valence-corrected chi connectivity index (χ4v) is 1.53. The topological polar surface area (TPSA) is 51.8 Å². The summed E-state index contributed by atoms with van der Waals surface area (Å²) in [5, 5.41) is 1.05. The van der Waals surface area contributed by atoms with E-state index in [2.05, 4.69) is 16.3 Å². The highest BCUT2D eigenvalue weighted by Crippen LogP contribution is 2.06. The van der Waals surface area contributed by atoms with E-state index in [0.29, 0.717) is 0 Å². The Morgan fingerprint density at radius 1 is 1.64 bits per heavy atom. The van der Waals surface area contributed by atoms with Gasteiger partial charge in [-0.1, -0.05) is 6.92 Å². The van der Waals surface area contributed by atoms with Gasteiger partial charge in [0.25, 0.3) is 0 Å². The molecule has 0 aromatic carbocycles. The summed E-state index contributed by atoms with van der Waals surface area (Å²) in [5.41, 5.74) is 5.75. The van der Waals surface area contributed by atoms with Gasteiger partial charge >= 0.3 is 0 Å². The second-order valence-corrected chi connectivity index (χ2v) is 3.44. The van der Waals surface area contributed by atoms with Crippen LogP contribution in [-0.2, 0) is 6.42 Å². The van der Waals surface area contributed by atoms with Gasteiger partial charge in [0.15, 0.2) is 0 Å². The van der Waals surface area contributed by atoms with Crippen molar-refractivity contribution in [2.24, 2.45) is 5.73 Å². The fourth-order valence-electron chi connectivity index (χ4n) is 0.792. The second kappa shape index (κ2) is 3.78. The first-order chi connectivity index (χ1) is 5.22. The number of nitrogens with zero attached hydrogens (tertiary/aromatic N) is 2. The van der Waals surface area contributed by atoms with Gasteiger partial charge in [0.2, 0.25) is 0 Å². The van der Waals surface area contributed by atoms with Gasteiger partial charge in [0, 0.05) is 12.5 Å². The molecule has 0 aliphatic carbocycles. The number of aromatic nitrogens is 2. The van der Waals surface area contributed by atoms with Crippen molar-refractivity contribution in [1.82, 2.24) is 9.36 Å². The maximum atomic E-state index is 5.75. The molecule has 1 aromatic rings. The molecule has 1 atom stereocenters. The molecular weight excluding hydrogens is 158 g/mol. The lowest BCUT2D eigenvalue weighted by atomic mass is 10.2. The summed E-state index contributed by atoms with van der Waals surface area (Å²) in [7, 11) is 0. The molecule has 1 aromatic heterocycles. The predicted octanol–water partition coefficient (Wildman–Crippen LogP) is 1.13. The fraction of sp³-hybridized carbons (Fsp3) is 0.714. The largest absolute Gasteiger partial charge is 0.327 e. The maximum absolute atomic E-state index is 5.75. The van der Waals surface area contributed by atoms with E-state index in [1.54, 1.807) is 0 Å². The number of rotatable bonds is 3. The van der Waals surface area contributed by atoms with Crippen molar-refractivity contribution in [3.05, 3.63) is 10.8 Å². The molecule has 0 fully saturated rings. The Bertz CT molecular complexity index is 221. The zero-order chi connectivity index (χ0) is 8.27. The van der Waals surface area contributed by atoms with E-state index in [1.165, 1.54) is 11.5 Å². The number of hydrogen-bond acceptors (Lipinski definition) is 4. The molecule has 0 bridgehead atoms. The smallest absolute Gasteiger partial charge is 0.139 e. The monoisotopic (exact) mass is 171 g/mol. The average molecular weight is 171 g/mol. The summed E-state index contributed by atoms with van der Waals surface area (Å²) in [6.45, 7) is 3.98. The van der Waals surface area contributed by atoms with Gasteiger partial charge in [-0.05, 0) is 24.9 Å². The molecule has 0 spiro atoms. The highest BCUT2D eigenvalue weighted by atomic mass is 32.1. The zero-order valence-electron chi connectivity index (χ0n) is 6.87. The Balaban J connectivity index is 2.50. The van der Waals surface area contributed by atoms with Gasteiger partial charge in [0.1, 0.15) is 10.8 Å². The number of hydrogen-bond donors (Lipinski definition) is 1. The SMILES string of the molecule is CCC(N)Cc1nc(C)ns1. The van der Waals surface area contributed by atoms with Gasteiger partial charge in [-0.2, -0.15) is 4.37 Å². The van der Waals surface area contributed by atoms with Crippen LogP contribution in [0.3, 0.4) is 0 Å². The molecule has 0 aliphatic heterocycles. The minimum atomic E-state index is 0.238. The van der Waals surface area contributed by atoms with Gasteiger partial charge in [-0.3, -0.25) is 0 Å². The van der Waals surface area contributed by atoms with Crippen molar-refractivity contribution < 1.29 is 0 Å². The molecular formula is C7H13N3S. The van der Waals surface area contributed by atoms with Gasteiger partial charge in [-0.15, -0.1) is 0 Å². The molecule has 0 radical (unpaired) electrons. The van der Waals surface area contributed by atoms with Crippen molar-refractivity contribution in [2.75, 3.05) is 0 Å². The lowest BCUT2D eigenvalue weighted by Gasteiger charge is -2.03. The first-order valence-corrected chi connectivity index (χ1v) is 4.54. The van der Waals surface area contributed by atoms with Crippen LogP contribution in [0.15, 0.2) is 0 Å². The van der Waals surface area contributed by atoms with Crippen molar-refractivity contribution >= 4 is 11.5 Å². The summed E-state index contributed by atoms with van der Waals surface area (Å²) in [6.07, 6.45) is 1.86. The van der Waals surface area contributed by atoms with E-state index in [-0.39, 0.29) is 6.04 Å². The minimum Gasteiger partial charge on any atom is -0.327 e. The van der Waals surface area contributed by atoms with Crippen LogP contribution in [0.25, 0.3) is 0 Å². The van der Waals surface area contributed by atoms with Crippen molar-refractivity contribution in [3.8, 4) is 0 Å². The molecule has 4 heteroatoms. The standard InChI is InChI=1S/C7H13N3S/c1-3-6(8)4-7-9-5(2)10-11-7/h6H,3-4,8H2,1-2H3. The van der Waals surface area contributed by atoms with Crippen LogP contribution in [0.1, 0.15) is 24.2 Å². The molecule has 1 heterocycles. The lowest BCUT2D eigenvalue weighted by Crippen LogP contribution is -2.21. The van der Waals surface area contributed by atoms with Crippen molar-refractivity contribution in [1.29, 1.82) is 0 Å². The first-order valence-electron chi connectivity index (χ1n) is 3.77. The van der Waals surface area contributed by atoms with Crippen LogP contribution >= 0.6 is 11.5 Å². The van der Waals surface area contributed by atoms with Crippen molar-refractivity contribution in [3.63, 3.8) is 0 Å². The summed E-state index contributed by atoms with van der Waals surface area (Å²) < 4.78 is 4.08. The summed E-state index contributed by atoms with van der Waals surface area (Å²) in [6, 6.07) is 0.238. The molecule has 0 saturated heterocycles. The maximum Gasteiger partial charge on any atom is 0.139 e. The molecule has 0 saturated carbocycles. The first kappa shape index (κ1) is 8.62. The second-order valence-electron chi connectivity index (χ2n) is 2.61. The molecule has 3 nitrogen and oxygen atoms in total. The molecule has 1 rings (SSSR count). The van der Waals surface area contributed by atoms with Crippen LogP contribution in [0, 0.1) is 6.92 Å². The Morgan fingerprint density at radius 3 is 2.82 bits per heavy atom. The third-order valence-corrected chi connectivity index (χ3v) is 2.36. The molecule has 2 N–H and O–H groups in total. The number of aryl methyl sites for hydroxylation is 1. The molecule has 11 heavy (non-hydrogen) atoms. The normalized spacial score (nSPS) is 13.4. The van der Waals surface area contributed by atoms with E-state index >= 15 is 0 Å². The van der Waals surface area contributed by atoms with Gasteiger partial charge in [0.05, 0.1) is 0 Å². The molecule has 1 unspecified atom stereocenters. The van der Waals surface area contributed by atoms with Crippen LogP contribution in [0.4, 0.5) is 0 Å². The summed E-state index contributed by atoms with van der Waals surface area (Å²) in [5.74, 6) is 0.855. The quantitative estimate of drug-likeness (QED) is 0.741. The number of nitrogens with two attached hydrogens (primary N) is 1. The Morgan fingerprint density at radius 2 is 2.36 bits per heavy atom. The molecule has 0 amide bonds. The third-order valence-electron chi connectivity index (χ3n) is 1.53. The summed E-state index contributed by atoms with van der Waals surface area (Å²) >= 11 is 1.45. The van der Waals surface area contributed by atoms with Crippen LogP contribution < -0.4 is 5.73 Å². The highest BCUT2D eigenvalue weighted by molar-refractivity contribution is 7.05. The van der Waals surface area contributed by atoms with E-state index in [4.69, 9.17) is 5.73 Å². The van der Waals surface area contributed by atoms with E-state index in [1.807, 2.05) is 6.92 Å².